The first-order chi connectivity index (χ1) is 12.7. The number of aryl methyl sites for hydroxylation is 2. The van der Waals surface area contributed by atoms with Crippen LogP contribution in [0.4, 0.5) is 5.95 Å². The molecule has 0 aliphatic carbocycles. The summed E-state index contributed by atoms with van der Waals surface area (Å²) >= 11 is 0. The van der Waals surface area contributed by atoms with Gasteiger partial charge in [-0.05, 0) is 44.9 Å². The van der Waals surface area contributed by atoms with Crippen LogP contribution < -0.4 is 4.90 Å². The van der Waals surface area contributed by atoms with E-state index in [2.05, 4.69) is 75.8 Å². The van der Waals surface area contributed by atoms with Gasteiger partial charge in [-0.15, -0.1) is 10.2 Å². The number of anilines is 1. The molecule has 5 nitrogen and oxygen atoms in total. The van der Waals surface area contributed by atoms with E-state index in [0.29, 0.717) is 0 Å². The molecule has 26 heavy (non-hydrogen) atoms. The van der Waals surface area contributed by atoms with Gasteiger partial charge in [0.15, 0.2) is 11.5 Å². The number of aromatic nitrogens is 4. The third kappa shape index (κ3) is 2.35. The molecule has 0 saturated carbocycles. The molecule has 5 rings (SSSR count). The summed E-state index contributed by atoms with van der Waals surface area (Å²) in [5.41, 5.74) is 5.36. The second-order valence-electron chi connectivity index (χ2n) is 7.18. The number of rotatable bonds is 2. The van der Waals surface area contributed by atoms with Gasteiger partial charge in [-0.1, -0.05) is 35.4 Å². The fourth-order valence-electron chi connectivity index (χ4n) is 3.83. The molecular weight excluding hydrogens is 322 g/mol. The second kappa shape index (κ2) is 5.80. The van der Waals surface area contributed by atoms with Gasteiger partial charge in [0, 0.05) is 24.0 Å². The van der Waals surface area contributed by atoms with Gasteiger partial charge in [-0.3, -0.25) is 0 Å². The van der Waals surface area contributed by atoms with E-state index in [1.165, 1.54) is 24.0 Å². The van der Waals surface area contributed by atoms with Crippen LogP contribution >= 0.6 is 0 Å². The maximum Gasteiger partial charge on any atom is 0.213 e. The maximum atomic E-state index is 5.02. The molecular formula is C21H21N5. The Morgan fingerprint density at radius 2 is 1.69 bits per heavy atom. The quantitative estimate of drug-likeness (QED) is 0.548. The third-order valence-corrected chi connectivity index (χ3v) is 5.14. The minimum absolute atomic E-state index is 0.863. The zero-order chi connectivity index (χ0) is 17.7. The number of hydrogen-bond acceptors (Lipinski definition) is 4. The Balaban J connectivity index is 1.87. The van der Waals surface area contributed by atoms with Gasteiger partial charge in [0.05, 0.1) is 5.52 Å². The van der Waals surface area contributed by atoms with E-state index in [4.69, 9.17) is 4.98 Å². The lowest BCUT2D eigenvalue weighted by Crippen LogP contribution is -2.22. The van der Waals surface area contributed by atoms with E-state index in [1.54, 1.807) is 0 Å². The number of benzene rings is 2. The summed E-state index contributed by atoms with van der Waals surface area (Å²) in [5, 5.41) is 10.2. The van der Waals surface area contributed by atoms with Gasteiger partial charge < -0.3 is 4.90 Å². The van der Waals surface area contributed by atoms with Crippen molar-refractivity contribution in [2.24, 2.45) is 0 Å². The van der Waals surface area contributed by atoms with Crippen molar-refractivity contribution in [1.29, 1.82) is 0 Å². The Bertz CT molecular complexity index is 1120. The maximum absolute atomic E-state index is 5.02. The number of nitrogens with zero attached hydrogens (tertiary/aromatic N) is 5. The lowest BCUT2D eigenvalue weighted by molar-refractivity contribution is 0.886. The van der Waals surface area contributed by atoms with Crippen molar-refractivity contribution in [3.05, 3.63) is 53.6 Å². The van der Waals surface area contributed by atoms with Gasteiger partial charge in [-0.2, -0.15) is 0 Å². The van der Waals surface area contributed by atoms with Crippen molar-refractivity contribution >= 4 is 22.5 Å². The minimum atomic E-state index is 0.863. The van der Waals surface area contributed by atoms with Crippen molar-refractivity contribution in [3.63, 3.8) is 0 Å². The van der Waals surface area contributed by atoms with E-state index in [9.17, 15) is 0 Å². The molecule has 0 atom stereocenters. The zero-order valence-corrected chi connectivity index (χ0v) is 15.1. The largest absolute Gasteiger partial charge is 0.342 e. The molecule has 0 radical (unpaired) electrons. The predicted molar refractivity (Wildman–Crippen MR) is 105 cm³/mol. The van der Waals surface area contributed by atoms with Crippen LogP contribution in [-0.4, -0.2) is 32.7 Å². The predicted octanol–water partition coefficient (Wildman–Crippen LogP) is 4.16. The molecule has 1 aliphatic rings. The number of fused-ring (bicyclic) bond motifs is 3. The molecule has 0 bridgehead atoms. The van der Waals surface area contributed by atoms with Crippen LogP contribution in [0.2, 0.25) is 0 Å². The molecule has 0 unspecified atom stereocenters. The lowest BCUT2D eigenvalue weighted by Gasteiger charge is -2.19. The van der Waals surface area contributed by atoms with Crippen LogP contribution in [0.3, 0.4) is 0 Å². The topological polar surface area (TPSA) is 46.3 Å². The standard InChI is InChI=1S/C21H21N5/c1-14-6-5-7-16(12-14)19-23-24-20-17-13-15(2)8-9-18(17)22-21(26(19)20)25-10-3-4-11-25/h5-9,12-13H,3-4,10-11H2,1-2H3. The Hall–Kier alpha value is -2.95. The van der Waals surface area contributed by atoms with Crippen LogP contribution in [0.15, 0.2) is 42.5 Å². The van der Waals surface area contributed by atoms with Gasteiger partial charge in [0.1, 0.15) is 0 Å². The Labute approximate surface area is 152 Å². The summed E-state index contributed by atoms with van der Waals surface area (Å²) in [7, 11) is 0. The SMILES string of the molecule is Cc1cccc(-c2nnc3c4cc(C)ccc4nc(N4CCCC4)n23)c1. The molecule has 1 aliphatic heterocycles. The molecule has 2 aromatic heterocycles. The van der Waals surface area contributed by atoms with Crippen LogP contribution in [0.5, 0.6) is 0 Å². The first-order valence-electron chi connectivity index (χ1n) is 9.18. The molecule has 0 amide bonds. The van der Waals surface area contributed by atoms with Crippen LogP contribution in [0.1, 0.15) is 24.0 Å². The summed E-state index contributed by atoms with van der Waals surface area (Å²) < 4.78 is 2.14. The highest BCUT2D eigenvalue weighted by atomic mass is 15.4. The summed E-state index contributed by atoms with van der Waals surface area (Å²) in [6.07, 6.45) is 2.41. The van der Waals surface area contributed by atoms with Gasteiger partial charge >= 0.3 is 0 Å². The van der Waals surface area contributed by atoms with E-state index in [0.717, 1.165) is 47.0 Å². The minimum Gasteiger partial charge on any atom is -0.342 e. The fraction of sp³-hybridized carbons (Fsp3) is 0.286. The summed E-state index contributed by atoms with van der Waals surface area (Å²) in [6.45, 7) is 6.27. The Morgan fingerprint density at radius 1 is 0.885 bits per heavy atom. The monoisotopic (exact) mass is 343 g/mol. The van der Waals surface area contributed by atoms with Crippen LogP contribution in [0.25, 0.3) is 27.9 Å². The van der Waals surface area contributed by atoms with E-state index >= 15 is 0 Å². The van der Waals surface area contributed by atoms with Crippen molar-refractivity contribution in [2.45, 2.75) is 26.7 Å². The molecule has 1 saturated heterocycles. The molecule has 3 heterocycles. The number of hydrogen-bond donors (Lipinski definition) is 0. The van der Waals surface area contributed by atoms with Crippen molar-refractivity contribution < 1.29 is 0 Å². The second-order valence-corrected chi connectivity index (χ2v) is 7.18. The van der Waals surface area contributed by atoms with E-state index < -0.39 is 0 Å². The third-order valence-electron chi connectivity index (χ3n) is 5.14. The Kier molecular flexibility index (Phi) is 3.42. The van der Waals surface area contributed by atoms with Crippen LogP contribution in [0, 0.1) is 13.8 Å². The molecule has 5 heteroatoms. The smallest absolute Gasteiger partial charge is 0.213 e. The van der Waals surface area contributed by atoms with Gasteiger partial charge in [0.25, 0.3) is 0 Å². The first kappa shape index (κ1) is 15.3. The average molecular weight is 343 g/mol. The molecule has 4 aromatic rings. The fourth-order valence-corrected chi connectivity index (χ4v) is 3.83. The first-order valence-corrected chi connectivity index (χ1v) is 9.18. The van der Waals surface area contributed by atoms with Crippen molar-refractivity contribution in [3.8, 4) is 11.4 Å². The molecule has 0 N–H and O–H groups in total. The molecule has 130 valence electrons. The summed E-state index contributed by atoms with van der Waals surface area (Å²) in [6, 6.07) is 14.8. The van der Waals surface area contributed by atoms with Crippen LogP contribution in [-0.2, 0) is 0 Å². The molecule has 0 spiro atoms. The molecule has 2 aromatic carbocycles. The zero-order valence-electron chi connectivity index (χ0n) is 15.1. The molecule has 1 fully saturated rings. The van der Waals surface area contributed by atoms with Gasteiger partial charge in [-0.25, -0.2) is 9.38 Å². The normalized spacial score (nSPS) is 14.6. The highest BCUT2D eigenvalue weighted by Gasteiger charge is 2.22. The highest BCUT2D eigenvalue weighted by Crippen LogP contribution is 2.30. The average Bonchev–Trinajstić information content (AvgIpc) is 3.31. The lowest BCUT2D eigenvalue weighted by atomic mass is 10.1. The van der Waals surface area contributed by atoms with Crippen molar-refractivity contribution in [1.82, 2.24) is 19.6 Å². The summed E-state index contributed by atoms with van der Waals surface area (Å²) in [4.78, 5) is 7.37. The van der Waals surface area contributed by atoms with Crippen molar-refractivity contribution in [2.75, 3.05) is 18.0 Å². The Morgan fingerprint density at radius 3 is 2.50 bits per heavy atom. The summed E-state index contributed by atoms with van der Waals surface area (Å²) in [5.74, 6) is 1.82. The highest BCUT2D eigenvalue weighted by molar-refractivity contribution is 5.94. The van der Waals surface area contributed by atoms with Gasteiger partial charge in [0.2, 0.25) is 5.95 Å². The van der Waals surface area contributed by atoms with E-state index in [1.807, 2.05) is 0 Å². The van der Waals surface area contributed by atoms with E-state index in [-0.39, 0.29) is 0 Å².